The van der Waals surface area contributed by atoms with Gasteiger partial charge in [0.15, 0.2) is 6.61 Å². The van der Waals surface area contributed by atoms with E-state index in [2.05, 4.69) is 5.32 Å². The molecule has 3 atom stereocenters. The molecular weight excluding hydrogens is 252 g/mol. The number of ether oxygens (including phenoxy) is 1. The van der Waals surface area contributed by atoms with Crippen LogP contribution in [-0.2, 0) is 11.3 Å². The van der Waals surface area contributed by atoms with E-state index in [1.165, 1.54) is 31.2 Å². The van der Waals surface area contributed by atoms with Gasteiger partial charge in [0.25, 0.3) is 5.91 Å². The molecule has 0 saturated heterocycles. The highest BCUT2D eigenvalue weighted by Gasteiger charge is 2.38. The van der Waals surface area contributed by atoms with Gasteiger partial charge >= 0.3 is 0 Å². The Bertz CT molecular complexity index is 472. The average molecular weight is 274 g/mol. The fourth-order valence-electron chi connectivity index (χ4n) is 3.60. The number of rotatable bonds is 6. The van der Waals surface area contributed by atoms with E-state index in [1.807, 2.05) is 24.3 Å². The van der Waals surface area contributed by atoms with Gasteiger partial charge in [0.05, 0.1) is 0 Å². The van der Waals surface area contributed by atoms with Crippen molar-refractivity contribution >= 4 is 5.91 Å². The number of primary amides is 1. The first-order valence-corrected chi connectivity index (χ1v) is 7.44. The molecular formula is C16H22N2O2. The van der Waals surface area contributed by atoms with Crippen molar-refractivity contribution < 1.29 is 9.53 Å². The van der Waals surface area contributed by atoms with E-state index < -0.39 is 5.91 Å². The highest BCUT2D eigenvalue weighted by atomic mass is 16.5. The highest BCUT2D eigenvalue weighted by Crippen LogP contribution is 2.44. The molecule has 2 aliphatic carbocycles. The summed E-state index contributed by atoms with van der Waals surface area (Å²) in [7, 11) is 0. The maximum Gasteiger partial charge on any atom is 0.255 e. The summed E-state index contributed by atoms with van der Waals surface area (Å²) in [4.78, 5) is 10.6. The second kappa shape index (κ2) is 5.83. The second-order valence-corrected chi connectivity index (χ2v) is 6.06. The minimum atomic E-state index is -0.452. The summed E-state index contributed by atoms with van der Waals surface area (Å²) in [5, 5.41) is 3.68. The molecule has 2 saturated carbocycles. The van der Waals surface area contributed by atoms with Crippen LogP contribution in [0.25, 0.3) is 0 Å². The number of benzene rings is 1. The van der Waals surface area contributed by atoms with E-state index >= 15 is 0 Å². The van der Waals surface area contributed by atoms with Crippen molar-refractivity contribution in [3.63, 3.8) is 0 Å². The zero-order valence-electron chi connectivity index (χ0n) is 11.7. The number of carbonyl (C=O) groups is 1. The van der Waals surface area contributed by atoms with Gasteiger partial charge in [0.2, 0.25) is 0 Å². The lowest BCUT2D eigenvalue weighted by Gasteiger charge is -2.23. The van der Waals surface area contributed by atoms with Crippen molar-refractivity contribution in [2.45, 2.75) is 38.3 Å². The molecule has 0 spiro atoms. The number of hydrogen-bond donors (Lipinski definition) is 2. The molecule has 2 fully saturated rings. The van der Waals surface area contributed by atoms with E-state index in [-0.39, 0.29) is 6.61 Å². The van der Waals surface area contributed by atoms with Gasteiger partial charge < -0.3 is 15.8 Å². The van der Waals surface area contributed by atoms with Gasteiger partial charge in [-0.1, -0.05) is 18.6 Å². The standard InChI is InChI=1S/C16H22N2O2/c17-16(19)10-20-14-5-2-11(3-6-14)9-18-15-8-12-1-4-13(15)7-12/h2-3,5-6,12-13,15,18H,1,4,7-10H2,(H2,17,19). The lowest BCUT2D eigenvalue weighted by atomic mass is 9.95. The average Bonchev–Trinajstić information content (AvgIpc) is 3.06. The van der Waals surface area contributed by atoms with E-state index in [0.29, 0.717) is 11.8 Å². The van der Waals surface area contributed by atoms with Crippen LogP contribution in [0.2, 0.25) is 0 Å². The Hall–Kier alpha value is -1.55. The lowest BCUT2D eigenvalue weighted by Crippen LogP contribution is -2.33. The fraction of sp³-hybridized carbons (Fsp3) is 0.562. The summed E-state index contributed by atoms with van der Waals surface area (Å²) in [6.07, 6.45) is 5.62. The smallest absolute Gasteiger partial charge is 0.255 e. The van der Waals surface area contributed by atoms with Crippen LogP contribution in [0.15, 0.2) is 24.3 Å². The zero-order valence-corrected chi connectivity index (χ0v) is 11.7. The van der Waals surface area contributed by atoms with Gasteiger partial charge in [0, 0.05) is 12.6 Å². The molecule has 2 aliphatic rings. The molecule has 3 N–H and O–H groups in total. The minimum absolute atomic E-state index is 0.0667. The van der Waals surface area contributed by atoms with Crippen molar-refractivity contribution in [3.05, 3.63) is 29.8 Å². The molecule has 0 aliphatic heterocycles. The molecule has 20 heavy (non-hydrogen) atoms. The first-order chi connectivity index (χ1) is 9.70. The Morgan fingerprint density at radius 2 is 2.05 bits per heavy atom. The molecule has 4 heteroatoms. The molecule has 1 aromatic carbocycles. The SMILES string of the molecule is NC(=O)COc1ccc(CNC2CC3CCC2C3)cc1. The molecule has 0 radical (unpaired) electrons. The summed E-state index contributed by atoms with van der Waals surface area (Å²) in [6.45, 7) is 0.840. The summed E-state index contributed by atoms with van der Waals surface area (Å²) in [6, 6.07) is 8.56. The Morgan fingerprint density at radius 1 is 1.25 bits per heavy atom. The number of carbonyl (C=O) groups excluding carboxylic acids is 1. The van der Waals surface area contributed by atoms with Crippen LogP contribution in [0, 0.1) is 11.8 Å². The molecule has 1 aromatic rings. The van der Waals surface area contributed by atoms with Gasteiger partial charge in [-0.25, -0.2) is 0 Å². The molecule has 0 aromatic heterocycles. The van der Waals surface area contributed by atoms with E-state index in [4.69, 9.17) is 10.5 Å². The summed E-state index contributed by atoms with van der Waals surface area (Å²) in [5.41, 5.74) is 6.29. The molecule has 3 rings (SSSR count). The van der Waals surface area contributed by atoms with Crippen LogP contribution in [0.4, 0.5) is 0 Å². The summed E-state index contributed by atoms with van der Waals surface area (Å²) < 4.78 is 5.25. The highest BCUT2D eigenvalue weighted by molar-refractivity contribution is 5.75. The first kappa shape index (κ1) is 13.4. The third-order valence-electron chi connectivity index (χ3n) is 4.61. The minimum Gasteiger partial charge on any atom is -0.484 e. The van der Waals surface area contributed by atoms with Crippen molar-refractivity contribution in [1.29, 1.82) is 0 Å². The van der Waals surface area contributed by atoms with Crippen molar-refractivity contribution in [3.8, 4) is 5.75 Å². The number of amides is 1. The predicted molar refractivity (Wildman–Crippen MR) is 77.2 cm³/mol. The van der Waals surface area contributed by atoms with E-state index in [1.54, 1.807) is 0 Å². The van der Waals surface area contributed by atoms with Crippen molar-refractivity contribution in [1.82, 2.24) is 5.32 Å². The van der Waals surface area contributed by atoms with Gasteiger partial charge in [0.1, 0.15) is 5.75 Å². The first-order valence-electron chi connectivity index (χ1n) is 7.44. The molecule has 3 unspecified atom stereocenters. The maximum atomic E-state index is 10.6. The summed E-state index contributed by atoms with van der Waals surface area (Å²) >= 11 is 0. The van der Waals surface area contributed by atoms with Gasteiger partial charge in [-0.05, 0) is 48.8 Å². The number of fused-ring (bicyclic) bond motifs is 2. The largest absolute Gasteiger partial charge is 0.484 e. The van der Waals surface area contributed by atoms with Crippen LogP contribution in [0.1, 0.15) is 31.2 Å². The van der Waals surface area contributed by atoms with Crippen LogP contribution in [0.3, 0.4) is 0 Å². The van der Waals surface area contributed by atoms with Crippen LogP contribution < -0.4 is 15.8 Å². The Morgan fingerprint density at radius 3 is 2.65 bits per heavy atom. The number of hydrogen-bond acceptors (Lipinski definition) is 3. The predicted octanol–water partition coefficient (Wildman–Crippen LogP) is 1.83. The van der Waals surface area contributed by atoms with Crippen molar-refractivity contribution in [2.24, 2.45) is 17.6 Å². The molecule has 0 heterocycles. The zero-order chi connectivity index (χ0) is 13.9. The second-order valence-electron chi connectivity index (χ2n) is 6.06. The normalized spacial score (nSPS) is 27.7. The molecule has 1 amide bonds. The van der Waals surface area contributed by atoms with Crippen LogP contribution in [0.5, 0.6) is 5.75 Å². The summed E-state index contributed by atoms with van der Waals surface area (Å²) in [5.74, 6) is 2.11. The number of nitrogens with one attached hydrogen (secondary N) is 1. The lowest BCUT2D eigenvalue weighted by molar-refractivity contribution is -0.119. The van der Waals surface area contributed by atoms with Gasteiger partial charge in [-0.3, -0.25) is 4.79 Å². The maximum absolute atomic E-state index is 10.6. The van der Waals surface area contributed by atoms with Crippen LogP contribution in [-0.4, -0.2) is 18.6 Å². The fourth-order valence-corrected chi connectivity index (χ4v) is 3.60. The quantitative estimate of drug-likeness (QED) is 0.832. The van der Waals surface area contributed by atoms with E-state index in [0.717, 1.165) is 18.4 Å². The Labute approximate surface area is 119 Å². The van der Waals surface area contributed by atoms with Gasteiger partial charge in [-0.2, -0.15) is 0 Å². The third kappa shape index (κ3) is 3.12. The molecule has 2 bridgehead atoms. The van der Waals surface area contributed by atoms with Crippen molar-refractivity contribution in [2.75, 3.05) is 6.61 Å². The van der Waals surface area contributed by atoms with Crippen LogP contribution >= 0.6 is 0 Å². The Kier molecular flexibility index (Phi) is 3.92. The third-order valence-corrected chi connectivity index (χ3v) is 4.61. The van der Waals surface area contributed by atoms with E-state index in [9.17, 15) is 4.79 Å². The number of nitrogens with two attached hydrogens (primary N) is 1. The monoisotopic (exact) mass is 274 g/mol. The topological polar surface area (TPSA) is 64.4 Å². The Balaban J connectivity index is 1.47. The molecule has 4 nitrogen and oxygen atoms in total. The molecule has 108 valence electrons. The van der Waals surface area contributed by atoms with Gasteiger partial charge in [-0.15, -0.1) is 0 Å².